The van der Waals surface area contributed by atoms with Crippen molar-refractivity contribution >= 4 is 11.5 Å². The Labute approximate surface area is 142 Å². The van der Waals surface area contributed by atoms with Gasteiger partial charge in [-0.1, -0.05) is 54.6 Å². The predicted octanol–water partition coefficient (Wildman–Crippen LogP) is 4.47. The molecular formula is C21H20O3. The Morgan fingerprint density at radius 3 is 2.00 bits per heavy atom. The van der Waals surface area contributed by atoms with Crippen molar-refractivity contribution in [2.24, 2.45) is 0 Å². The van der Waals surface area contributed by atoms with Gasteiger partial charge in [0.05, 0.1) is 14.2 Å². The molecule has 0 atom stereocenters. The molecule has 2 aromatic rings. The molecule has 0 aliphatic carbocycles. The Bertz CT molecular complexity index is 732. The van der Waals surface area contributed by atoms with E-state index in [0.29, 0.717) is 6.42 Å². The van der Waals surface area contributed by atoms with Crippen molar-refractivity contribution < 1.29 is 14.3 Å². The molecule has 0 radical (unpaired) electrons. The zero-order valence-corrected chi connectivity index (χ0v) is 13.9. The fourth-order valence-electron chi connectivity index (χ4n) is 2.47. The summed E-state index contributed by atoms with van der Waals surface area (Å²) in [5.74, 6) is 3.33. The molecular weight excluding hydrogens is 300 g/mol. The van der Waals surface area contributed by atoms with E-state index in [1.54, 1.807) is 26.2 Å². The molecule has 2 aromatic carbocycles. The van der Waals surface area contributed by atoms with E-state index in [2.05, 4.69) is 6.08 Å². The first kappa shape index (κ1) is 17.3. The topological polar surface area (TPSA) is 35.5 Å². The molecule has 0 saturated carbocycles. The third-order valence-electron chi connectivity index (χ3n) is 3.55. The molecule has 0 spiro atoms. The molecule has 3 heteroatoms. The largest absolute Gasteiger partial charge is 0.496 e. The molecule has 0 fully saturated rings. The first-order valence-electron chi connectivity index (χ1n) is 7.64. The van der Waals surface area contributed by atoms with Gasteiger partial charge in [0, 0.05) is 17.2 Å². The van der Waals surface area contributed by atoms with Crippen LogP contribution in [0.4, 0.5) is 0 Å². The van der Waals surface area contributed by atoms with Crippen LogP contribution in [0.5, 0.6) is 11.5 Å². The minimum atomic E-state index is 0.670. The quantitative estimate of drug-likeness (QED) is 0.558. The van der Waals surface area contributed by atoms with E-state index in [1.165, 1.54) is 6.08 Å². The molecule has 3 nitrogen and oxygen atoms in total. The van der Waals surface area contributed by atoms with Gasteiger partial charge in [0.25, 0.3) is 0 Å². The van der Waals surface area contributed by atoms with Gasteiger partial charge in [-0.3, -0.25) is 0 Å². The zero-order chi connectivity index (χ0) is 17.2. The van der Waals surface area contributed by atoms with E-state index in [4.69, 9.17) is 9.47 Å². The Kier molecular flexibility index (Phi) is 6.63. The maximum atomic E-state index is 10.2. The number of benzene rings is 2. The van der Waals surface area contributed by atoms with Crippen molar-refractivity contribution in [2.75, 3.05) is 14.2 Å². The van der Waals surface area contributed by atoms with Crippen LogP contribution in [0.15, 0.2) is 72.8 Å². The highest BCUT2D eigenvalue weighted by Gasteiger charge is 2.13. The fourth-order valence-corrected chi connectivity index (χ4v) is 2.47. The van der Waals surface area contributed by atoms with Gasteiger partial charge in [-0.05, 0) is 24.1 Å². The van der Waals surface area contributed by atoms with Crippen molar-refractivity contribution in [1.82, 2.24) is 0 Å². The maximum Gasteiger partial charge on any atom is 0.126 e. The van der Waals surface area contributed by atoms with Crippen molar-refractivity contribution in [2.45, 2.75) is 6.42 Å². The summed E-state index contributed by atoms with van der Waals surface area (Å²) >= 11 is 0. The molecule has 0 saturated heterocycles. The van der Waals surface area contributed by atoms with Gasteiger partial charge in [0.2, 0.25) is 0 Å². The van der Waals surface area contributed by atoms with Crippen molar-refractivity contribution in [3.63, 3.8) is 0 Å². The molecule has 2 rings (SSSR count). The number of para-hydroxylation sites is 2. The van der Waals surface area contributed by atoms with Crippen molar-refractivity contribution in [3.8, 4) is 11.5 Å². The van der Waals surface area contributed by atoms with Crippen LogP contribution in [0.25, 0.3) is 5.57 Å². The van der Waals surface area contributed by atoms with Gasteiger partial charge >= 0.3 is 0 Å². The van der Waals surface area contributed by atoms with E-state index in [0.717, 1.165) is 28.2 Å². The number of allylic oxidation sites excluding steroid dienone is 4. The van der Waals surface area contributed by atoms with Gasteiger partial charge in [-0.15, -0.1) is 0 Å². The second-order valence-corrected chi connectivity index (χ2v) is 4.97. The van der Waals surface area contributed by atoms with E-state index < -0.39 is 0 Å². The van der Waals surface area contributed by atoms with Gasteiger partial charge in [-0.25, -0.2) is 4.79 Å². The summed E-state index contributed by atoms with van der Waals surface area (Å²) in [6, 6.07) is 15.7. The Morgan fingerprint density at radius 2 is 1.50 bits per heavy atom. The van der Waals surface area contributed by atoms with E-state index >= 15 is 0 Å². The summed E-state index contributed by atoms with van der Waals surface area (Å²) in [6.45, 7) is 0. The van der Waals surface area contributed by atoms with Crippen LogP contribution in [0.2, 0.25) is 0 Å². The first-order valence-corrected chi connectivity index (χ1v) is 7.64. The number of carbonyl (C=O) groups excluding carboxylic acids is 1. The zero-order valence-electron chi connectivity index (χ0n) is 13.9. The van der Waals surface area contributed by atoms with E-state index in [9.17, 15) is 4.79 Å². The highest BCUT2D eigenvalue weighted by Crippen LogP contribution is 2.35. The second-order valence-electron chi connectivity index (χ2n) is 4.97. The van der Waals surface area contributed by atoms with E-state index in [-0.39, 0.29) is 0 Å². The molecule has 122 valence electrons. The summed E-state index contributed by atoms with van der Waals surface area (Å²) in [6.07, 6.45) is 7.69. The van der Waals surface area contributed by atoms with Crippen LogP contribution in [0.3, 0.4) is 0 Å². The van der Waals surface area contributed by atoms with Gasteiger partial charge < -0.3 is 9.47 Å². The number of methoxy groups -OCH3 is 2. The number of rotatable bonds is 7. The number of ether oxygens (including phenoxy) is 2. The summed E-state index contributed by atoms with van der Waals surface area (Å²) in [7, 11) is 3.32. The van der Waals surface area contributed by atoms with Crippen molar-refractivity contribution in [1.29, 1.82) is 0 Å². The summed E-state index contributed by atoms with van der Waals surface area (Å²) in [5.41, 5.74) is 3.00. The molecule has 0 aliphatic heterocycles. The van der Waals surface area contributed by atoms with Crippen LogP contribution in [-0.4, -0.2) is 20.2 Å². The number of hydrogen-bond donors (Lipinski definition) is 0. The van der Waals surface area contributed by atoms with Crippen LogP contribution >= 0.6 is 0 Å². The van der Waals surface area contributed by atoms with Crippen LogP contribution < -0.4 is 9.47 Å². The van der Waals surface area contributed by atoms with Crippen LogP contribution in [0.1, 0.15) is 17.5 Å². The lowest BCUT2D eigenvalue weighted by molar-refractivity contribution is 0.411. The Hall–Kier alpha value is -3.03. The van der Waals surface area contributed by atoms with Gasteiger partial charge in [-0.2, -0.15) is 0 Å². The lowest BCUT2D eigenvalue weighted by Gasteiger charge is -2.15. The molecule has 0 aromatic heterocycles. The average Bonchev–Trinajstić information content (AvgIpc) is 2.65. The van der Waals surface area contributed by atoms with E-state index in [1.807, 2.05) is 54.6 Å². The normalized spacial score (nSPS) is 10.1. The average molecular weight is 320 g/mol. The first-order chi connectivity index (χ1) is 11.8. The van der Waals surface area contributed by atoms with Gasteiger partial charge in [0.1, 0.15) is 17.4 Å². The Balaban J connectivity index is 2.53. The molecule has 0 bridgehead atoms. The molecule has 0 aliphatic rings. The van der Waals surface area contributed by atoms with Crippen LogP contribution in [0, 0.1) is 0 Å². The molecule has 0 unspecified atom stereocenters. The SMILES string of the molecule is COc1ccccc1C(=CCC=CC=C=O)c1ccccc1OC. The second kappa shape index (κ2) is 9.19. The fraction of sp³-hybridized carbons (Fsp3) is 0.143. The summed E-state index contributed by atoms with van der Waals surface area (Å²) in [5, 5.41) is 0. The predicted molar refractivity (Wildman–Crippen MR) is 97.1 cm³/mol. The third-order valence-corrected chi connectivity index (χ3v) is 3.55. The van der Waals surface area contributed by atoms with Gasteiger partial charge in [0.15, 0.2) is 0 Å². The third kappa shape index (κ3) is 4.25. The highest BCUT2D eigenvalue weighted by atomic mass is 16.5. The summed E-state index contributed by atoms with van der Waals surface area (Å²) < 4.78 is 11.0. The molecule has 0 heterocycles. The lowest BCUT2D eigenvalue weighted by Crippen LogP contribution is -1.96. The lowest BCUT2D eigenvalue weighted by atomic mass is 9.95. The smallest absolute Gasteiger partial charge is 0.126 e. The minimum absolute atomic E-state index is 0.670. The van der Waals surface area contributed by atoms with Crippen LogP contribution in [-0.2, 0) is 4.79 Å². The monoisotopic (exact) mass is 320 g/mol. The number of hydrogen-bond acceptors (Lipinski definition) is 3. The molecule has 24 heavy (non-hydrogen) atoms. The molecule has 0 N–H and O–H groups in total. The minimum Gasteiger partial charge on any atom is -0.496 e. The Morgan fingerprint density at radius 1 is 0.958 bits per heavy atom. The highest BCUT2D eigenvalue weighted by molar-refractivity contribution is 5.85. The summed E-state index contributed by atoms with van der Waals surface area (Å²) in [4.78, 5) is 10.2. The maximum absolute atomic E-state index is 10.2. The van der Waals surface area contributed by atoms with Crippen molar-refractivity contribution in [3.05, 3.63) is 84.0 Å². The molecule has 0 amide bonds. The standard InChI is InChI=1S/C21H20O3/c1-23-20-14-8-6-12-18(20)17(11-5-3-4-10-16-22)19-13-7-9-15-21(19)24-2/h3-4,6-15H,5H2,1-2H3.